The molecule has 0 aromatic carbocycles. The molecule has 1 radical (unpaired) electrons. The molecule has 0 spiro atoms. The number of ether oxygens (including phenoxy) is 1. The third-order valence-electron chi connectivity index (χ3n) is 4.07. The summed E-state index contributed by atoms with van der Waals surface area (Å²) < 4.78 is 6.76. The van der Waals surface area contributed by atoms with Crippen molar-refractivity contribution in [1.82, 2.24) is 19.5 Å². The lowest BCUT2D eigenvalue weighted by Gasteiger charge is -2.12. The molecule has 3 rings (SSSR count). The summed E-state index contributed by atoms with van der Waals surface area (Å²) in [6.45, 7) is 3.15. The molecule has 1 aliphatic carbocycles. The van der Waals surface area contributed by atoms with E-state index in [4.69, 9.17) is 10.5 Å². The van der Waals surface area contributed by atoms with E-state index >= 15 is 0 Å². The minimum atomic E-state index is -0.687. The van der Waals surface area contributed by atoms with Crippen molar-refractivity contribution in [2.75, 3.05) is 18.9 Å². The predicted octanol–water partition coefficient (Wildman–Crippen LogP) is 0.562. The number of anilines is 1. The fraction of sp³-hybridized carbons (Fsp3) is 0.467. The molecule has 1 aliphatic rings. The Hall–Kier alpha value is -2.68. The molecule has 3 N–H and O–H groups in total. The maximum atomic E-state index is 11.8. The molecule has 2 heterocycles. The Morgan fingerprint density at radius 3 is 3.00 bits per heavy atom. The third-order valence-corrected chi connectivity index (χ3v) is 4.07. The Balaban J connectivity index is 1.85. The molecule has 0 amide bonds. The minimum absolute atomic E-state index is 0.00982. The topological polar surface area (TPSA) is 136 Å². The Morgan fingerprint density at radius 2 is 2.33 bits per heavy atom. The van der Waals surface area contributed by atoms with Crippen LogP contribution in [-0.4, -0.2) is 38.7 Å². The van der Waals surface area contributed by atoms with Gasteiger partial charge in [0, 0.05) is 6.20 Å². The zero-order valence-electron chi connectivity index (χ0n) is 13.4. The number of nitrogens with zero attached hydrogens (tertiary/aromatic N) is 3. The standard InChI is InChI=1S/C15H18N5O4/c1-8(2)13(23)24-6-15(5-21)3-9(15)4-20-7-17-10-11(20)18-14(16)19-12(10)22/h4,7-8H,3,5-6H2,1-2H3,(H3,16,18,19,22)/b9-4-/t15-/m0/s1. The SMILES string of the molecule is CC(C)C(=O)OC[C@@]1(C[O])C/C1=C/n1cnc2c(=O)[nH]c(N)nc21. The average Bonchev–Trinajstić information content (AvgIpc) is 3.07. The highest BCUT2D eigenvalue weighted by Crippen LogP contribution is 2.52. The second kappa shape index (κ2) is 5.75. The Labute approximate surface area is 137 Å². The number of H-pyrrole nitrogens is 1. The molecule has 127 valence electrons. The summed E-state index contributed by atoms with van der Waals surface area (Å²) >= 11 is 0. The second-order valence-corrected chi connectivity index (χ2v) is 6.29. The monoisotopic (exact) mass is 332 g/mol. The summed E-state index contributed by atoms with van der Waals surface area (Å²) in [5.74, 6) is -0.580. The van der Waals surface area contributed by atoms with Crippen LogP contribution < -0.4 is 11.3 Å². The van der Waals surface area contributed by atoms with Gasteiger partial charge in [0.2, 0.25) is 5.95 Å². The van der Waals surface area contributed by atoms with Gasteiger partial charge in [-0.15, -0.1) is 0 Å². The van der Waals surface area contributed by atoms with Gasteiger partial charge in [-0.3, -0.25) is 19.1 Å². The lowest BCUT2D eigenvalue weighted by Crippen LogP contribution is -2.21. The van der Waals surface area contributed by atoms with Gasteiger partial charge in [-0.1, -0.05) is 13.8 Å². The molecule has 0 bridgehead atoms. The van der Waals surface area contributed by atoms with E-state index in [9.17, 15) is 14.7 Å². The zero-order chi connectivity index (χ0) is 17.5. The number of hydrogen-bond acceptors (Lipinski definition) is 6. The van der Waals surface area contributed by atoms with Crippen LogP contribution in [0.25, 0.3) is 17.4 Å². The summed E-state index contributed by atoms with van der Waals surface area (Å²) in [5.41, 5.74) is 5.75. The quantitative estimate of drug-likeness (QED) is 0.768. The maximum absolute atomic E-state index is 11.8. The van der Waals surface area contributed by atoms with Gasteiger partial charge in [-0.2, -0.15) is 4.98 Å². The fourth-order valence-corrected chi connectivity index (χ4v) is 2.41. The molecule has 9 heteroatoms. The summed E-state index contributed by atoms with van der Waals surface area (Å²) in [6, 6.07) is 0. The van der Waals surface area contributed by atoms with Crippen LogP contribution in [0, 0.1) is 11.3 Å². The highest BCUT2D eigenvalue weighted by Gasteiger charge is 2.50. The van der Waals surface area contributed by atoms with Crippen LogP contribution >= 0.6 is 0 Å². The van der Waals surface area contributed by atoms with E-state index in [1.165, 1.54) is 6.33 Å². The van der Waals surface area contributed by atoms with E-state index in [-0.39, 0.29) is 36.6 Å². The van der Waals surface area contributed by atoms with Gasteiger partial charge in [0.25, 0.3) is 5.56 Å². The maximum Gasteiger partial charge on any atom is 0.308 e. The number of carbonyl (C=O) groups is 1. The van der Waals surface area contributed by atoms with Gasteiger partial charge < -0.3 is 10.5 Å². The highest BCUT2D eigenvalue weighted by atomic mass is 16.5. The molecule has 24 heavy (non-hydrogen) atoms. The largest absolute Gasteiger partial charge is 0.464 e. The first kappa shape index (κ1) is 16.2. The highest BCUT2D eigenvalue weighted by molar-refractivity contribution is 5.74. The predicted molar refractivity (Wildman–Crippen MR) is 85.2 cm³/mol. The van der Waals surface area contributed by atoms with E-state index < -0.39 is 11.0 Å². The summed E-state index contributed by atoms with van der Waals surface area (Å²) in [6.07, 6.45) is 3.66. The molecule has 0 saturated heterocycles. The molecule has 2 aromatic heterocycles. The number of aromatic nitrogens is 4. The van der Waals surface area contributed by atoms with E-state index in [1.807, 2.05) is 0 Å². The number of aromatic amines is 1. The third kappa shape index (κ3) is 2.78. The van der Waals surface area contributed by atoms with Crippen LogP contribution in [0.4, 0.5) is 5.95 Å². The van der Waals surface area contributed by atoms with Crippen molar-refractivity contribution in [2.45, 2.75) is 20.3 Å². The van der Waals surface area contributed by atoms with Gasteiger partial charge >= 0.3 is 5.97 Å². The Morgan fingerprint density at radius 1 is 1.58 bits per heavy atom. The number of fused-ring (bicyclic) bond motifs is 1. The molecule has 0 unspecified atom stereocenters. The fourth-order valence-electron chi connectivity index (χ4n) is 2.41. The van der Waals surface area contributed by atoms with E-state index in [1.54, 1.807) is 24.6 Å². The van der Waals surface area contributed by atoms with Crippen molar-refractivity contribution in [3.63, 3.8) is 0 Å². The first-order valence-electron chi connectivity index (χ1n) is 7.54. The molecule has 1 fully saturated rings. The Kier molecular flexibility index (Phi) is 3.88. The number of imidazole rings is 1. The average molecular weight is 332 g/mol. The van der Waals surface area contributed by atoms with Crippen LogP contribution in [0.2, 0.25) is 0 Å². The molecular formula is C15H18N5O4. The Bertz CT molecular complexity index is 882. The van der Waals surface area contributed by atoms with Crippen molar-refractivity contribution in [1.29, 1.82) is 0 Å². The number of nitrogen functional groups attached to an aromatic ring is 1. The smallest absolute Gasteiger partial charge is 0.308 e. The van der Waals surface area contributed by atoms with Crippen molar-refractivity contribution in [3.8, 4) is 0 Å². The molecule has 1 atom stereocenters. The van der Waals surface area contributed by atoms with Crippen molar-refractivity contribution in [2.24, 2.45) is 11.3 Å². The molecular weight excluding hydrogens is 314 g/mol. The number of rotatable bonds is 5. The minimum Gasteiger partial charge on any atom is -0.464 e. The molecule has 2 aromatic rings. The van der Waals surface area contributed by atoms with Crippen molar-refractivity contribution >= 4 is 29.3 Å². The number of hydrogen-bond donors (Lipinski definition) is 2. The van der Waals surface area contributed by atoms with E-state index in [0.717, 1.165) is 5.57 Å². The number of esters is 1. The first-order valence-corrected chi connectivity index (χ1v) is 7.54. The van der Waals surface area contributed by atoms with Crippen LogP contribution in [0.15, 0.2) is 16.7 Å². The molecule has 1 saturated carbocycles. The number of nitrogens with one attached hydrogen (secondary N) is 1. The van der Waals surface area contributed by atoms with Crippen LogP contribution in [0.5, 0.6) is 0 Å². The van der Waals surface area contributed by atoms with Crippen LogP contribution in [-0.2, 0) is 14.6 Å². The van der Waals surface area contributed by atoms with Crippen LogP contribution in [0.1, 0.15) is 20.3 Å². The van der Waals surface area contributed by atoms with E-state index in [0.29, 0.717) is 12.1 Å². The summed E-state index contributed by atoms with van der Waals surface area (Å²) in [5, 5.41) is 11.6. The summed E-state index contributed by atoms with van der Waals surface area (Å²) in [4.78, 5) is 33.8. The van der Waals surface area contributed by atoms with Gasteiger partial charge in [0.05, 0.1) is 17.9 Å². The van der Waals surface area contributed by atoms with E-state index in [2.05, 4.69) is 15.0 Å². The van der Waals surface area contributed by atoms with Crippen molar-refractivity contribution < 1.29 is 14.6 Å². The molecule has 0 aliphatic heterocycles. The van der Waals surface area contributed by atoms with Gasteiger partial charge in [0.1, 0.15) is 12.9 Å². The lowest BCUT2D eigenvalue weighted by atomic mass is 10.1. The zero-order valence-corrected chi connectivity index (χ0v) is 13.4. The summed E-state index contributed by atoms with van der Waals surface area (Å²) in [7, 11) is 0. The van der Waals surface area contributed by atoms with Gasteiger partial charge in [-0.05, 0) is 12.0 Å². The lowest BCUT2D eigenvalue weighted by molar-refractivity contribution is -0.149. The van der Waals surface area contributed by atoms with Gasteiger partial charge in [0.15, 0.2) is 11.2 Å². The second-order valence-electron chi connectivity index (χ2n) is 6.29. The number of nitrogens with two attached hydrogens (primary N) is 1. The molecule has 9 nitrogen and oxygen atoms in total. The normalized spacial score (nSPS) is 21.6. The van der Waals surface area contributed by atoms with Gasteiger partial charge in [-0.25, -0.2) is 10.1 Å². The number of carbonyl (C=O) groups excluding carboxylic acids is 1. The van der Waals surface area contributed by atoms with Crippen molar-refractivity contribution in [3.05, 3.63) is 22.3 Å². The first-order chi connectivity index (χ1) is 11.4. The van der Waals surface area contributed by atoms with Crippen LogP contribution in [0.3, 0.4) is 0 Å².